The van der Waals surface area contributed by atoms with Crippen molar-refractivity contribution in [3.8, 4) is 0 Å². The summed E-state index contributed by atoms with van der Waals surface area (Å²) in [6, 6.07) is 0. The molecule has 1 saturated carbocycles. The van der Waals surface area contributed by atoms with Gasteiger partial charge in [-0.15, -0.1) is 0 Å². The average Bonchev–Trinajstić information content (AvgIpc) is 2.51. The van der Waals surface area contributed by atoms with Crippen molar-refractivity contribution < 1.29 is 0 Å². The Hall–Kier alpha value is -0.460. The summed E-state index contributed by atoms with van der Waals surface area (Å²) in [4.78, 5) is 0. The van der Waals surface area contributed by atoms with Gasteiger partial charge in [0.25, 0.3) is 0 Å². The van der Waals surface area contributed by atoms with Crippen molar-refractivity contribution >= 4 is 0 Å². The zero-order valence-corrected chi connectivity index (χ0v) is 11.3. The molecular weight excluding hydrogens is 182 g/mol. The Labute approximate surface area is 95.3 Å². The van der Waals surface area contributed by atoms with Gasteiger partial charge in [0.2, 0.25) is 0 Å². The van der Waals surface area contributed by atoms with Gasteiger partial charge < -0.3 is 5.32 Å². The summed E-state index contributed by atoms with van der Waals surface area (Å²) in [5.41, 5.74) is 2.40. The molecule has 0 spiro atoms. The van der Waals surface area contributed by atoms with Crippen LogP contribution in [0.15, 0.2) is 12.3 Å². The summed E-state index contributed by atoms with van der Waals surface area (Å²) in [6.45, 7) is 19.1. The highest BCUT2D eigenvalue weighted by atomic mass is 14.9. The third kappa shape index (κ3) is 2.38. The zero-order chi connectivity index (χ0) is 11.9. The molecule has 1 atom stereocenters. The number of nitrogens with one attached hydrogen (secondary N) is 1. The molecule has 1 heteroatoms. The van der Waals surface area contributed by atoms with Crippen molar-refractivity contribution in [1.82, 2.24) is 5.32 Å². The maximum Gasteiger partial charge on any atom is 0.0156 e. The van der Waals surface area contributed by atoms with E-state index in [1.807, 2.05) is 0 Å². The molecular formula is C14H27N. The Morgan fingerprint density at radius 2 is 1.80 bits per heavy atom. The summed E-state index contributed by atoms with van der Waals surface area (Å²) in [5.74, 6) is 0. The van der Waals surface area contributed by atoms with Crippen molar-refractivity contribution in [2.24, 2.45) is 16.2 Å². The highest BCUT2D eigenvalue weighted by Crippen LogP contribution is 2.70. The van der Waals surface area contributed by atoms with Crippen molar-refractivity contribution in [2.75, 3.05) is 6.54 Å². The first kappa shape index (κ1) is 12.6. The standard InChI is InChI=1S/C14H27N/c1-8-15-11(2)14(9-12(3,4)5)10-13(14,6)7/h15H,2,8-10H2,1,3-7H3. The second kappa shape index (κ2) is 3.54. The van der Waals surface area contributed by atoms with Crippen LogP contribution in [0.5, 0.6) is 0 Å². The Kier molecular flexibility index (Phi) is 2.97. The van der Waals surface area contributed by atoms with Crippen LogP contribution in [0, 0.1) is 16.2 Å². The van der Waals surface area contributed by atoms with Gasteiger partial charge in [-0.2, -0.15) is 0 Å². The van der Waals surface area contributed by atoms with E-state index in [2.05, 4.69) is 53.4 Å². The van der Waals surface area contributed by atoms with Crippen molar-refractivity contribution in [1.29, 1.82) is 0 Å². The van der Waals surface area contributed by atoms with E-state index in [-0.39, 0.29) is 0 Å². The predicted octanol–water partition coefficient (Wildman–Crippen LogP) is 3.96. The van der Waals surface area contributed by atoms with E-state index in [1.54, 1.807) is 0 Å². The van der Waals surface area contributed by atoms with Crippen LogP contribution in [0.4, 0.5) is 0 Å². The molecule has 0 bridgehead atoms. The first-order valence-electron chi connectivity index (χ1n) is 6.08. The van der Waals surface area contributed by atoms with E-state index in [0.29, 0.717) is 16.2 Å². The van der Waals surface area contributed by atoms with Gasteiger partial charge in [0.15, 0.2) is 0 Å². The normalized spacial score (nSPS) is 28.7. The van der Waals surface area contributed by atoms with Gasteiger partial charge in [0.05, 0.1) is 0 Å². The fraction of sp³-hybridized carbons (Fsp3) is 0.857. The molecule has 1 unspecified atom stereocenters. The molecule has 0 aliphatic heterocycles. The van der Waals surface area contributed by atoms with Crippen LogP contribution in [-0.2, 0) is 0 Å². The van der Waals surface area contributed by atoms with E-state index in [1.165, 1.54) is 18.5 Å². The molecule has 1 nitrogen and oxygen atoms in total. The van der Waals surface area contributed by atoms with Gasteiger partial charge in [-0.1, -0.05) is 41.2 Å². The minimum absolute atomic E-state index is 0.335. The molecule has 1 fully saturated rings. The predicted molar refractivity (Wildman–Crippen MR) is 67.7 cm³/mol. The fourth-order valence-electron chi connectivity index (χ4n) is 2.92. The summed E-state index contributed by atoms with van der Waals surface area (Å²) in [6.07, 6.45) is 2.52. The van der Waals surface area contributed by atoms with Crippen molar-refractivity contribution in [2.45, 2.75) is 54.4 Å². The molecule has 0 heterocycles. The van der Waals surface area contributed by atoms with Crippen LogP contribution in [0.25, 0.3) is 0 Å². The van der Waals surface area contributed by atoms with Crippen LogP contribution in [0.1, 0.15) is 54.4 Å². The van der Waals surface area contributed by atoms with Gasteiger partial charge in [-0.3, -0.25) is 0 Å². The topological polar surface area (TPSA) is 12.0 Å². The summed E-state index contributed by atoms with van der Waals surface area (Å²) < 4.78 is 0. The van der Waals surface area contributed by atoms with Crippen molar-refractivity contribution in [3.05, 3.63) is 12.3 Å². The lowest BCUT2D eigenvalue weighted by atomic mass is 9.77. The third-order valence-electron chi connectivity index (χ3n) is 3.71. The van der Waals surface area contributed by atoms with E-state index < -0.39 is 0 Å². The first-order chi connectivity index (χ1) is 6.65. The van der Waals surface area contributed by atoms with Crippen molar-refractivity contribution in [3.63, 3.8) is 0 Å². The summed E-state index contributed by atoms with van der Waals surface area (Å²) in [5, 5.41) is 3.43. The highest BCUT2D eigenvalue weighted by molar-refractivity contribution is 5.26. The second-order valence-corrected chi connectivity index (χ2v) is 6.89. The van der Waals surface area contributed by atoms with Crippen LogP contribution in [0.2, 0.25) is 0 Å². The van der Waals surface area contributed by atoms with E-state index in [4.69, 9.17) is 0 Å². The number of hydrogen-bond acceptors (Lipinski definition) is 1. The summed E-state index contributed by atoms with van der Waals surface area (Å²) in [7, 11) is 0. The van der Waals surface area contributed by atoms with Gasteiger partial charge in [-0.05, 0) is 30.6 Å². The number of rotatable bonds is 4. The molecule has 88 valence electrons. The summed E-state index contributed by atoms with van der Waals surface area (Å²) >= 11 is 0. The Morgan fingerprint density at radius 1 is 1.33 bits per heavy atom. The largest absolute Gasteiger partial charge is 0.389 e. The molecule has 1 rings (SSSR count). The molecule has 0 aromatic rings. The Balaban J connectivity index is 2.80. The lowest BCUT2D eigenvalue weighted by molar-refractivity contribution is 0.259. The SMILES string of the molecule is C=C(NCC)C1(CC(C)(C)C)CC1(C)C. The maximum atomic E-state index is 4.25. The smallest absolute Gasteiger partial charge is 0.0156 e. The van der Waals surface area contributed by atoms with Gasteiger partial charge in [0, 0.05) is 17.7 Å². The highest BCUT2D eigenvalue weighted by Gasteiger charge is 2.63. The molecule has 0 saturated heterocycles. The molecule has 1 aliphatic rings. The maximum absolute atomic E-state index is 4.25. The first-order valence-corrected chi connectivity index (χ1v) is 6.08. The minimum atomic E-state index is 0.335. The molecule has 1 N–H and O–H groups in total. The molecule has 0 aromatic heterocycles. The lowest BCUT2D eigenvalue weighted by Gasteiger charge is -2.31. The van der Waals surface area contributed by atoms with Gasteiger partial charge >= 0.3 is 0 Å². The van der Waals surface area contributed by atoms with Crippen LogP contribution < -0.4 is 5.32 Å². The Morgan fingerprint density at radius 3 is 2.07 bits per heavy atom. The van der Waals surface area contributed by atoms with Gasteiger partial charge in [-0.25, -0.2) is 0 Å². The monoisotopic (exact) mass is 209 g/mol. The minimum Gasteiger partial charge on any atom is -0.389 e. The lowest BCUT2D eigenvalue weighted by Crippen LogP contribution is -2.27. The van der Waals surface area contributed by atoms with E-state index in [9.17, 15) is 0 Å². The molecule has 1 aliphatic carbocycles. The quantitative estimate of drug-likeness (QED) is 0.739. The van der Waals surface area contributed by atoms with Crippen LogP contribution in [-0.4, -0.2) is 6.54 Å². The second-order valence-electron chi connectivity index (χ2n) is 6.89. The molecule has 0 radical (unpaired) electrons. The van der Waals surface area contributed by atoms with Crippen LogP contribution in [0.3, 0.4) is 0 Å². The van der Waals surface area contributed by atoms with Gasteiger partial charge in [0.1, 0.15) is 0 Å². The molecule has 0 aromatic carbocycles. The molecule has 15 heavy (non-hydrogen) atoms. The fourth-order valence-corrected chi connectivity index (χ4v) is 2.92. The number of allylic oxidation sites excluding steroid dienone is 1. The van der Waals surface area contributed by atoms with Crippen LogP contribution >= 0.6 is 0 Å². The average molecular weight is 209 g/mol. The van der Waals surface area contributed by atoms with E-state index in [0.717, 1.165) is 6.54 Å². The number of hydrogen-bond donors (Lipinski definition) is 1. The van der Waals surface area contributed by atoms with E-state index >= 15 is 0 Å². The third-order valence-corrected chi connectivity index (χ3v) is 3.71. The zero-order valence-electron chi connectivity index (χ0n) is 11.3. The molecule has 0 amide bonds. The Bertz CT molecular complexity index is 257.